The Bertz CT molecular complexity index is 151. The molecule has 44 valence electrons. The van der Waals surface area contributed by atoms with E-state index in [-0.39, 0.29) is 11.9 Å². The summed E-state index contributed by atoms with van der Waals surface area (Å²) in [5, 5.41) is 3.47. The SMILES string of the molecule is CC1=NOC(C)C1=O. The Balaban J connectivity index is 2.73. The minimum absolute atomic E-state index is 0.00926. The van der Waals surface area contributed by atoms with Crippen LogP contribution in [0.15, 0.2) is 5.16 Å². The van der Waals surface area contributed by atoms with E-state index < -0.39 is 0 Å². The van der Waals surface area contributed by atoms with Crippen LogP contribution in [0.1, 0.15) is 13.8 Å². The molecule has 0 N–H and O–H groups in total. The Labute approximate surface area is 47.3 Å². The first kappa shape index (κ1) is 5.28. The molecule has 0 saturated heterocycles. The van der Waals surface area contributed by atoms with E-state index in [9.17, 15) is 4.79 Å². The van der Waals surface area contributed by atoms with Gasteiger partial charge in [0.05, 0.1) is 0 Å². The van der Waals surface area contributed by atoms with Crippen LogP contribution in [0.5, 0.6) is 0 Å². The molecule has 0 fully saturated rings. The molecule has 0 aromatic rings. The van der Waals surface area contributed by atoms with Gasteiger partial charge in [0, 0.05) is 0 Å². The van der Waals surface area contributed by atoms with E-state index in [1.165, 1.54) is 0 Å². The van der Waals surface area contributed by atoms with E-state index in [2.05, 4.69) is 9.99 Å². The summed E-state index contributed by atoms with van der Waals surface area (Å²) in [4.78, 5) is 15.3. The van der Waals surface area contributed by atoms with Crippen LogP contribution in [0.25, 0.3) is 0 Å². The van der Waals surface area contributed by atoms with Gasteiger partial charge >= 0.3 is 0 Å². The summed E-state index contributed by atoms with van der Waals surface area (Å²) in [7, 11) is 0. The molecule has 0 aliphatic carbocycles. The third kappa shape index (κ3) is 0.598. The molecule has 3 heteroatoms. The average Bonchev–Trinajstić information content (AvgIpc) is 1.98. The maximum Gasteiger partial charge on any atom is 0.223 e. The van der Waals surface area contributed by atoms with Gasteiger partial charge in [-0.15, -0.1) is 0 Å². The molecule has 0 spiro atoms. The van der Waals surface area contributed by atoms with E-state index in [0.717, 1.165) is 0 Å². The van der Waals surface area contributed by atoms with E-state index in [1.807, 2.05) is 0 Å². The number of ketones is 1. The largest absolute Gasteiger partial charge is 0.384 e. The van der Waals surface area contributed by atoms with Gasteiger partial charge in [0.25, 0.3) is 0 Å². The summed E-state index contributed by atoms with van der Waals surface area (Å²) in [6.45, 7) is 3.33. The summed E-state index contributed by atoms with van der Waals surface area (Å²) in [5.41, 5.74) is 0.470. The van der Waals surface area contributed by atoms with Crippen LogP contribution in [0.2, 0.25) is 0 Å². The van der Waals surface area contributed by atoms with Crippen LogP contribution in [-0.2, 0) is 9.63 Å². The van der Waals surface area contributed by atoms with E-state index >= 15 is 0 Å². The van der Waals surface area contributed by atoms with E-state index in [0.29, 0.717) is 5.71 Å². The summed E-state index contributed by atoms with van der Waals surface area (Å²) in [6.07, 6.45) is -0.352. The molecular formula is C5H7NO2. The van der Waals surface area contributed by atoms with Crippen molar-refractivity contribution in [2.24, 2.45) is 5.16 Å². The lowest BCUT2D eigenvalue weighted by molar-refractivity contribution is -0.119. The lowest BCUT2D eigenvalue weighted by atomic mass is 10.2. The molecule has 0 radical (unpaired) electrons. The monoisotopic (exact) mass is 113 g/mol. The van der Waals surface area contributed by atoms with Gasteiger partial charge in [-0.05, 0) is 13.8 Å². The minimum atomic E-state index is -0.352. The second kappa shape index (κ2) is 1.58. The van der Waals surface area contributed by atoms with Crippen molar-refractivity contribution in [2.45, 2.75) is 20.0 Å². The van der Waals surface area contributed by atoms with Crippen molar-refractivity contribution in [3.05, 3.63) is 0 Å². The van der Waals surface area contributed by atoms with Crippen LogP contribution >= 0.6 is 0 Å². The highest BCUT2D eigenvalue weighted by Gasteiger charge is 2.23. The first-order valence-electron chi connectivity index (χ1n) is 2.46. The predicted octanol–water partition coefficient (Wildman–Crippen LogP) is 0.350. The third-order valence-electron chi connectivity index (χ3n) is 1.07. The Kier molecular flexibility index (Phi) is 1.04. The number of rotatable bonds is 0. The summed E-state index contributed by atoms with van der Waals surface area (Å²) >= 11 is 0. The highest BCUT2D eigenvalue weighted by molar-refractivity contribution is 6.41. The van der Waals surface area contributed by atoms with Crippen molar-refractivity contribution in [3.8, 4) is 0 Å². The molecule has 0 amide bonds. The molecule has 3 nitrogen and oxygen atoms in total. The fraction of sp³-hybridized carbons (Fsp3) is 0.600. The Hall–Kier alpha value is -0.860. The lowest BCUT2D eigenvalue weighted by Crippen LogP contribution is -2.16. The van der Waals surface area contributed by atoms with Gasteiger partial charge in [0.1, 0.15) is 5.71 Å². The number of oxime groups is 1. The number of hydrogen-bond donors (Lipinski definition) is 0. The van der Waals surface area contributed by atoms with Gasteiger partial charge in [0.15, 0.2) is 6.10 Å². The fourth-order valence-corrected chi connectivity index (χ4v) is 0.545. The maximum atomic E-state index is 10.6. The van der Waals surface area contributed by atoms with Crippen LogP contribution in [-0.4, -0.2) is 17.6 Å². The molecule has 1 aliphatic rings. The summed E-state index contributed by atoms with van der Waals surface area (Å²) in [6, 6.07) is 0. The van der Waals surface area contributed by atoms with Crippen LogP contribution in [0, 0.1) is 0 Å². The molecule has 8 heavy (non-hydrogen) atoms. The molecule has 0 aromatic heterocycles. The van der Waals surface area contributed by atoms with Crippen molar-refractivity contribution in [1.82, 2.24) is 0 Å². The predicted molar refractivity (Wildman–Crippen MR) is 28.7 cm³/mol. The first-order valence-corrected chi connectivity index (χ1v) is 2.46. The molecule has 1 aliphatic heterocycles. The molecule has 1 atom stereocenters. The normalized spacial score (nSPS) is 27.5. The number of carbonyl (C=O) groups is 1. The Morgan fingerprint density at radius 2 is 2.38 bits per heavy atom. The molecule has 1 rings (SSSR count). The van der Waals surface area contributed by atoms with Crippen molar-refractivity contribution in [2.75, 3.05) is 0 Å². The zero-order valence-corrected chi connectivity index (χ0v) is 4.84. The van der Waals surface area contributed by atoms with Gasteiger partial charge in [0.2, 0.25) is 5.78 Å². The molecule has 0 aromatic carbocycles. The Morgan fingerprint density at radius 3 is 2.50 bits per heavy atom. The second-order valence-corrected chi connectivity index (χ2v) is 1.79. The zero-order valence-electron chi connectivity index (χ0n) is 4.84. The number of nitrogens with zero attached hydrogens (tertiary/aromatic N) is 1. The second-order valence-electron chi connectivity index (χ2n) is 1.79. The quantitative estimate of drug-likeness (QED) is 0.454. The Morgan fingerprint density at radius 1 is 1.75 bits per heavy atom. The number of carbonyl (C=O) groups excluding carboxylic acids is 1. The fourth-order valence-electron chi connectivity index (χ4n) is 0.545. The zero-order chi connectivity index (χ0) is 6.15. The van der Waals surface area contributed by atoms with Crippen molar-refractivity contribution in [1.29, 1.82) is 0 Å². The van der Waals surface area contributed by atoms with Crippen LogP contribution in [0.3, 0.4) is 0 Å². The van der Waals surface area contributed by atoms with Gasteiger partial charge in [-0.3, -0.25) is 4.79 Å². The van der Waals surface area contributed by atoms with Gasteiger partial charge in [-0.1, -0.05) is 5.16 Å². The van der Waals surface area contributed by atoms with Crippen molar-refractivity contribution in [3.63, 3.8) is 0 Å². The van der Waals surface area contributed by atoms with Gasteiger partial charge < -0.3 is 4.84 Å². The maximum absolute atomic E-state index is 10.6. The highest BCUT2D eigenvalue weighted by Crippen LogP contribution is 2.03. The highest BCUT2D eigenvalue weighted by atomic mass is 16.6. The van der Waals surface area contributed by atoms with Gasteiger partial charge in [-0.25, -0.2) is 0 Å². The molecule has 1 heterocycles. The molecule has 0 bridgehead atoms. The summed E-state index contributed by atoms with van der Waals surface area (Å²) in [5.74, 6) is -0.00926. The first-order chi connectivity index (χ1) is 3.72. The van der Waals surface area contributed by atoms with E-state index in [4.69, 9.17) is 0 Å². The lowest BCUT2D eigenvalue weighted by Gasteiger charge is -1.92. The molecule has 1 unspecified atom stereocenters. The van der Waals surface area contributed by atoms with E-state index in [1.54, 1.807) is 13.8 Å². The topological polar surface area (TPSA) is 38.7 Å². The van der Waals surface area contributed by atoms with Crippen molar-refractivity contribution >= 4 is 11.5 Å². The smallest absolute Gasteiger partial charge is 0.223 e. The molecular weight excluding hydrogens is 106 g/mol. The minimum Gasteiger partial charge on any atom is -0.384 e. The van der Waals surface area contributed by atoms with Gasteiger partial charge in [-0.2, -0.15) is 0 Å². The third-order valence-corrected chi connectivity index (χ3v) is 1.07. The number of hydrogen-bond acceptors (Lipinski definition) is 3. The standard InChI is InChI=1S/C5H7NO2/c1-3-5(7)4(2)8-6-3/h4H,1-2H3. The van der Waals surface area contributed by atoms with Crippen LogP contribution in [0.4, 0.5) is 0 Å². The van der Waals surface area contributed by atoms with Crippen molar-refractivity contribution < 1.29 is 9.63 Å². The van der Waals surface area contributed by atoms with Crippen LogP contribution < -0.4 is 0 Å². The number of Topliss-reactive ketones (excluding diaryl/α,β-unsaturated/α-hetero) is 1. The average molecular weight is 113 g/mol. The summed E-state index contributed by atoms with van der Waals surface area (Å²) < 4.78 is 0. The molecule has 0 saturated carbocycles.